The van der Waals surface area contributed by atoms with Gasteiger partial charge in [-0.2, -0.15) is 0 Å². The van der Waals surface area contributed by atoms with Crippen LogP contribution >= 0.6 is 0 Å². The van der Waals surface area contributed by atoms with Gasteiger partial charge in [-0.05, 0) is 33.5 Å². The Morgan fingerprint density at radius 3 is 2.12 bits per heavy atom. The number of fused-ring (bicyclic) bond motifs is 2. The molecule has 1 aliphatic rings. The molecule has 0 bridgehead atoms. The van der Waals surface area contributed by atoms with Crippen molar-refractivity contribution < 1.29 is 0 Å². The fraction of sp³-hybridized carbons (Fsp3) is 0.0333. The normalized spacial score (nSPS) is 15.0. The number of rotatable bonds is 3. The Kier molecular flexibility index (Phi) is 4.54. The summed E-state index contributed by atoms with van der Waals surface area (Å²) in [6.07, 6.45) is 0. The Morgan fingerprint density at radius 2 is 1.25 bits per heavy atom. The van der Waals surface area contributed by atoms with Crippen LogP contribution in [0.2, 0.25) is 0 Å². The molecule has 5 aromatic carbocycles. The van der Waals surface area contributed by atoms with Gasteiger partial charge in [-0.25, -0.2) is 4.99 Å². The van der Waals surface area contributed by atoms with Crippen LogP contribution in [-0.2, 0) is 0 Å². The van der Waals surface area contributed by atoms with E-state index < -0.39 is 0 Å². The number of hydrogen-bond acceptors (Lipinski definition) is 2. The second kappa shape index (κ2) is 7.82. The molecule has 0 amide bonds. The first kappa shape index (κ1) is 18.6. The monoisotopic (exact) mass is 410 g/mol. The van der Waals surface area contributed by atoms with Crippen LogP contribution in [0.15, 0.2) is 126 Å². The molecule has 1 aliphatic heterocycles. The molecule has 0 saturated carbocycles. The van der Waals surface area contributed by atoms with Crippen molar-refractivity contribution in [1.82, 2.24) is 5.32 Å². The van der Waals surface area contributed by atoms with Gasteiger partial charge in [0, 0.05) is 11.1 Å². The molecule has 1 N–H and O–H groups in total. The Balaban J connectivity index is 1.43. The van der Waals surface area contributed by atoms with E-state index in [1.165, 1.54) is 33.0 Å². The zero-order chi connectivity index (χ0) is 21.3. The molecule has 0 aliphatic carbocycles. The van der Waals surface area contributed by atoms with E-state index in [0.717, 1.165) is 17.1 Å². The molecule has 152 valence electrons. The van der Waals surface area contributed by atoms with Gasteiger partial charge in [0.15, 0.2) is 0 Å². The number of para-hydroxylation sites is 1. The molecule has 2 heteroatoms. The number of nitrogens with one attached hydrogen (secondary N) is 1. The van der Waals surface area contributed by atoms with Crippen LogP contribution < -0.4 is 5.32 Å². The van der Waals surface area contributed by atoms with Gasteiger partial charge in [0.25, 0.3) is 0 Å². The maximum Gasteiger partial charge on any atom is 0.135 e. The number of amidine groups is 1. The summed E-state index contributed by atoms with van der Waals surface area (Å²) in [5.74, 6) is 0.914. The molecule has 5 aromatic rings. The number of hydrogen-bond donors (Lipinski definition) is 1. The van der Waals surface area contributed by atoms with Crippen LogP contribution in [0.5, 0.6) is 0 Å². The van der Waals surface area contributed by atoms with Crippen LogP contribution in [0.25, 0.3) is 21.9 Å². The first-order valence-electron chi connectivity index (χ1n) is 10.9. The predicted octanol–water partition coefficient (Wildman–Crippen LogP) is 7.28. The van der Waals surface area contributed by atoms with Crippen LogP contribution in [-0.4, -0.2) is 5.84 Å². The topological polar surface area (TPSA) is 24.4 Å². The lowest BCUT2D eigenvalue weighted by Gasteiger charge is -2.28. The third kappa shape index (κ3) is 3.27. The van der Waals surface area contributed by atoms with Crippen LogP contribution in [0.1, 0.15) is 22.7 Å². The quantitative estimate of drug-likeness (QED) is 0.332. The lowest BCUT2D eigenvalue weighted by atomic mass is 9.93. The van der Waals surface area contributed by atoms with Gasteiger partial charge in [-0.15, -0.1) is 0 Å². The van der Waals surface area contributed by atoms with Crippen molar-refractivity contribution in [2.45, 2.75) is 6.04 Å². The van der Waals surface area contributed by atoms with Crippen LogP contribution in [0.3, 0.4) is 0 Å². The highest BCUT2D eigenvalue weighted by atomic mass is 15.1. The molecular formula is C30H22N2. The summed E-state index contributed by atoms with van der Waals surface area (Å²) in [5.41, 5.74) is 7.03. The molecule has 0 spiro atoms. The van der Waals surface area contributed by atoms with E-state index in [2.05, 4.69) is 127 Å². The van der Waals surface area contributed by atoms with E-state index in [0.29, 0.717) is 0 Å². The van der Waals surface area contributed by atoms with E-state index in [1.54, 1.807) is 0 Å². The summed E-state index contributed by atoms with van der Waals surface area (Å²) < 4.78 is 0. The Bertz CT molecular complexity index is 1430. The fourth-order valence-electron chi connectivity index (χ4n) is 4.53. The summed E-state index contributed by atoms with van der Waals surface area (Å²) >= 11 is 0. The highest BCUT2D eigenvalue weighted by Gasteiger charge is 2.24. The summed E-state index contributed by atoms with van der Waals surface area (Å²) in [6, 6.07) is 42.7. The third-order valence-electron chi connectivity index (χ3n) is 6.16. The van der Waals surface area contributed by atoms with Crippen molar-refractivity contribution in [2.24, 2.45) is 4.99 Å². The standard InChI is InChI=1S/C30H22N2/c1-2-9-21(10-3-1)22-17-19-24(20-18-22)29-27-14-6-7-16-28(27)31-30(32-29)26-15-8-12-23-11-4-5-13-25(23)26/h1-20,29H,(H,31,32). The maximum atomic E-state index is 5.01. The Morgan fingerprint density at radius 1 is 0.562 bits per heavy atom. The molecule has 0 saturated heterocycles. The molecular weight excluding hydrogens is 388 g/mol. The fourth-order valence-corrected chi connectivity index (χ4v) is 4.53. The molecule has 1 unspecified atom stereocenters. The zero-order valence-electron chi connectivity index (χ0n) is 17.6. The second-order valence-corrected chi connectivity index (χ2v) is 8.11. The van der Waals surface area contributed by atoms with Crippen molar-refractivity contribution in [3.63, 3.8) is 0 Å². The molecule has 2 nitrogen and oxygen atoms in total. The highest BCUT2D eigenvalue weighted by Crippen LogP contribution is 2.36. The minimum Gasteiger partial charge on any atom is -0.359 e. The number of benzene rings is 5. The summed E-state index contributed by atoms with van der Waals surface area (Å²) in [7, 11) is 0. The summed E-state index contributed by atoms with van der Waals surface area (Å²) in [4.78, 5) is 5.01. The molecule has 32 heavy (non-hydrogen) atoms. The van der Waals surface area contributed by atoms with Crippen molar-refractivity contribution in [3.8, 4) is 11.1 Å². The van der Waals surface area contributed by atoms with E-state index >= 15 is 0 Å². The number of nitrogens with zero attached hydrogens (tertiary/aromatic N) is 1. The predicted molar refractivity (Wildman–Crippen MR) is 133 cm³/mol. The van der Waals surface area contributed by atoms with Gasteiger partial charge in [0.1, 0.15) is 5.84 Å². The largest absolute Gasteiger partial charge is 0.359 e. The van der Waals surface area contributed by atoms with Gasteiger partial charge in [0.05, 0.1) is 11.7 Å². The van der Waals surface area contributed by atoms with Gasteiger partial charge in [-0.1, -0.05) is 115 Å². The van der Waals surface area contributed by atoms with Gasteiger partial charge in [-0.3, -0.25) is 0 Å². The third-order valence-corrected chi connectivity index (χ3v) is 6.16. The van der Waals surface area contributed by atoms with Crippen molar-refractivity contribution in [3.05, 3.63) is 138 Å². The molecule has 1 atom stereocenters. The van der Waals surface area contributed by atoms with E-state index in [9.17, 15) is 0 Å². The minimum absolute atomic E-state index is 0.0440. The average Bonchev–Trinajstić information content (AvgIpc) is 2.88. The number of aliphatic imine (C=N–C) groups is 1. The van der Waals surface area contributed by atoms with E-state index in [-0.39, 0.29) is 6.04 Å². The van der Waals surface area contributed by atoms with Gasteiger partial charge < -0.3 is 5.32 Å². The Labute approximate surface area is 187 Å². The Hall–Kier alpha value is -4.17. The average molecular weight is 411 g/mol. The first-order chi connectivity index (χ1) is 15.9. The van der Waals surface area contributed by atoms with Crippen LogP contribution in [0, 0.1) is 0 Å². The van der Waals surface area contributed by atoms with Crippen LogP contribution in [0.4, 0.5) is 5.69 Å². The first-order valence-corrected chi connectivity index (χ1v) is 10.9. The van der Waals surface area contributed by atoms with Gasteiger partial charge in [0.2, 0.25) is 0 Å². The van der Waals surface area contributed by atoms with Gasteiger partial charge >= 0.3 is 0 Å². The molecule has 0 aromatic heterocycles. The zero-order valence-corrected chi connectivity index (χ0v) is 17.6. The molecule has 1 heterocycles. The smallest absolute Gasteiger partial charge is 0.135 e. The second-order valence-electron chi connectivity index (χ2n) is 8.11. The molecule has 0 radical (unpaired) electrons. The van der Waals surface area contributed by atoms with Crippen molar-refractivity contribution in [1.29, 1.82) is 0 Å². The van der Waals surface area contributed by atoms with Crippen molar-refractivity contribution >= 4 is 22.3 Å². The SMILES string of the molecule is c1ccc(-c2ccc(C3NC(c4cccc5ccccc45)=Nc4ccccc43)cc2)cc1. The molecule has 0 fully saturated rings. The van der Waals surface area contributed by atoms with E-state index in [4.69, 9.17) is 4.99 Å². The minimum atomic E-state index is 0.0440. The van der Waals surface area contributed by atoms with E-state index in [1.807, 2.05) is 0 Å². The molecule has 6 rings (SSSR count). The lowest BCUT2D eigenvalue weighted by molar-refractivity contribution is 0.750. The highest BCUT2D eigenvalue weighted by molar-refractivity contribution is 6.11. The van der Waals surface area contributed by atoms with Crippen molar-refractivity contribution in [2.75, 3.05) is 0 Å². The summed E-state index contributed by atoms with van der Waals surface area (Å²) in [5, 5.41) is 6.17. The lowest BCUT2D eigenvalue weighted by Crippen LogP contribution is -2.32. The maximum absolute atomic E-state index is 5.01. The summed E-state index contributed by atoms with van der Waals surface area (Å²) in [6.45, 7) is 0.